The van der Waals surface area contributed by atoms with Crippen LogP contribution < -0.4 is 11.1 Å². The quantitative estimate of drug-likeness (QED) is 0.199. The first-order valence-corrected chi connectivity index (χ1v) is 22.0. The maximum Gasteiger partial charge on any atom is 0.313 e. The first kappa shape index (κ1) is 38.9. The van der Waals surface area contributed by atoms with E-state index in [0.29, 0.717) is 57.0 Å². The van der Waals surface area contributed by atoms with Crippen LogP contribution in [0.3, 0.4) is 0 Å². The number of primary amides is 1. The summed E-state index contributed by atoms with van der Waals surface area (Å²) in [4.78, 5) is 36.3. The second-order valence-corrected chi connectivity index (χ2v) is 20.1. The number of methoxy groups -OCH3 is 2. The molecule has 0 radical (unpaired) electrons. The number of amides is 1. The number of hydrogen-bond acceptors (Lipinski definition) is 11. The lowest BCUT2D eigenvalue weighted by Crippen LogP contribution is -2.80. The average molecular weight is 768 g/mol. The molecule has 3 aliphatic carbocycles. The van der Waals surface area contributed by atoms with Gasteiger partial charge in [-0.2, -0.15) is 0 Å². The number of carbonyl (C=O) groups is 2. The highest BCUT2D eigenvalue weighted by molar-refractivity contribution is 5.86. The van der Waals surface area contributed by atoms with Crippen LogP contribution in [-0.2, 0) is 19.1 Å². The van der Waals surface area contributed by atoms with Gasteiger partial charge >= 0.3 is 5.97 Å². The third kappa shape index (κ3) is 5.04. The zero-order chi connectivity index (χ0) is 38.9. The monoisotopic (exact) mass is 768 g/mol. The van der Waals surface area contributed by atoms with Gasteiger partial charge in [0.2, 0.25) is 0 Å². The van der Waals surface area contributed by atoms with E-state index in [4.69, 9.17) is 15.2 Å². The molecule has 9 rings (SSSR count). The molecule has 1 spiro atoms. The molecule has 1 amide bonds. The zero-order valence-electron chi connectivity index (χ0n) is 34.0. The molecule has 10 unspecified atom stereocenters. The van der Waals surface area contributed by atoms with Crippen molar-refractivity contribution in [3.8, 4) is 0 Å². The molecular formula is C43H69N5O7. The number of likely N-dealkylation sites (tertiary alicyclic amines) is 1. The highest BCUT2D eigenvalue weighted by atomic mass is 16.5. The fraction of sp³-hybridized carbons (Fsp3) is 0.907. The zero-order valence-corrected chi connectivity index (χ0v) is 34.0. The minimum atomic E-state index is -2.17. The predicted molar refractivity (Wildman–Crippen MR) is 206 cm³/mol. The number of piperidine rings is 1. The van der Waals surface area contributed by atoms with Gasteiger partial charge in [-0.3, -0.25) is 19.4 Å². The summed E-state index contributed by atoms with van der Waals surface area (Å²) in [7, 11) is 5.36. The minimum Gasteiger partial charge on any atom is -0.469 e. The van der Waals surface area contributed by atoms with E-state index in [-0.39, 0.29) is 53.9 Å². The standard InChI is InChI=1S/C43H69N5O7/c1-6-39(52)21-25-22-42(38(51)55-5,33-27(13-17-47(23-25)24-39)26-11-8-9-12-30(26)45-33)29-19-28-31(20-32(29)54-4)46(3)35-41(28)15-18-48-16-10-14-40(7-2,34(41)48)36(49)43(35,53)37(44)50/h10,14,25-36,45,49,52-53H,6-9,11-13,15-24H2,1-5H3,(H2,44,50)/t25-,26?,27?,28?,29?,30?,31?,32?,33?,34-,35+,36?,39+,40+,41+,42+,43-/m0/s1. The molecule has 6 N–H and O–H groups in total. The normalized spacial score (nSPS) is 54.5. The van der Waals surface area contributed by atoms with Crippen LogP contribution in [0.1, 0.15) is 90.9 Å². The first-order valence-electron chi connectivity index (χ1n) is 22.0. The summed E-state index contributed by atoms with van der Waals surface area (Å²) >= 11 is 0. The van der Waals surface area contributed by atoms with Crippen LogP contribution in [0.2, 0.25) is 0 Å². The van der Waals surface area contributed by atoms with Gasteiger partial charge < -0.3 is 40.7 Å². The van der Waals surface area contributed by atoms with Crippen LogP contribution in [0.4, 0.5) is 0 Å². The van der Waals surface area contributed by atoms with E-state index in [0.717, 1.165) is 51.9 Å². The molecule has 6 heterocycles. The molecule has 2 bridgehead atoms. The summed E-state index contributed by atoms with van der Waals surface area (Å²) in [5.41, 5.74) is 0.911. The van der Waals surface area contributed by atoms with E-state index in [1.54, 1.807) is 14.2 Å². The lowest BCUT2D eigenvalue weighted by atomic mass is 9.44. The van der Waals surface area contributed by atoms with E-state index >= 15 is 4.79 Å². The third-order valence-corrected chi connectivity index (χ3v) is 18.4. The van der Waals surface area contributed by atoms with Crippen LogP contribution >= 0.6 is 0 Å². The molecule has 308 valence electrons. The number of aliphatic hydroxyl groups is 3. The predicted octanol–water partition coefficient (Wildman–Crippen LogP) is 1.89. The Hall–Kier alpha value is -1.64. The van der Waals surface area contributed by atoms with Crippen molar-refractivity contribution in [3.05, 3.63) is 12.2 Å². The van der Waals surface area contributed by atoms with Crippen LogP contribution in [0.15, 0.2) is 12.2 Å². The van der Waals surface area contributed by atoms with Crippen LogP contribution in [0.5, 0.6) is 0 Å². The van der Waals surface area contributed by atoms with Crippen molar-refractivity contribution in [1.82, 2.24) is 20.0 Å². The molecule has 0 aromatic rings. The molecule has 18 atom stereocenters. The van der Waals surface area contributed by atoms with E-state index in [9.17, 15) is 20.1 Å². The molecule has 6 aliphatic heterocycles. The number of esters is 1. The summed E-state index contributed by atoms with van der Waals surface area (Å²) in [5, 5.41) is 41.4. The van der Waals surface area contributed by atoms with Crippen molar-refractivity contribution in [3.63, 3.8) is 0 Å². The lowest BCUT2D eigenvalue weighted by molar-refractivity contribution is -0.230. The number of ether oxygens (including phenoxy) is 2. The van der Waals surface area contributed by atoms with Gasteiger partial charge in [0.05, 0.1) is 30.3 Å². The molecule has 3 saturated carbocycles. The molecule has 5 saturated heterocycles. The van der Waals surface area contributed by atoms with Crippen molar-refractivity contribution < 1.29 is 34.4 Å². The minimum absolute atomic E-state index is 0.00332. The Balaban J connectivity index is 1.22. The number of hydrogen-bond donors (Lipinski definition) is 5. The largest absolute Gasteiger partial charge is 0.469 e. The van der Waals surface area contributed by atoms with Gasteiger partial charge in [0.25, 0.3) is 5.91 Å². The third-order valence-electron chi connectivity index (χ3n) is 18.4. The number of rotatable bonds is 6. The molecule has 12 nitrogen and oxygen atoms in total. The number of carbonyl (C=O) groups excluding carboxylic acids is 2. The Morgan fingerprint density at radius 3 is 2.47 bits per heavy atom. The number of aliphatic hydroxyl groups excluding tert-OH is 1. The van der Waals surface area contributed by atoms with E-state index in [2.05, 4.69) is 46.0 Å². The Bertz CT molecular complexity index is 1570. The molecule has 9 aliphatic rings. The van der Waals surface area contributed by atoms with Crippen LogP contribution in [0.25, 0.3) is 0 Å². The van der Waals surface area contributed by atoms with Crippen LogP contribution in [0, 0.1) is 45.8 Å². The molecule has 8 fully saturated rings. The number of nitrogens with one attached hydrogen (secondary N) is 1. The topological polar surface area (TPSA) is 161 Å². The Morgan fingerprint density at radius 2 is 1.76 bits per heavy atom. The van der Waals surface area contributed by atoms with Gasteiger partial charge in [-0.15, -0.1) is 0 Å². The molecule has 0 aromatic heterocycles. The van der Waals surface area contributed by atoms with Gasteiger partial charge in [0.15, 0.2) is 5.60 Å². The maximum atomic E-state index is 15.4. The van der Waals surface area contributed by atoms with Crippen molar-refractivity contribution in [2.24, 2.45) is 51.6 Å². The fourth-order valence-electron chi connectivity index (χ4n) is 16.5. The SMILES string of the molecule is CC[C@@]1(O)C[C@@H]2CN(CCC3C4CCCCC4NC3[C@](C(=O)OC)(C3CC4C(CC3OC)N(C)[C@@H]3[C@]45CCN4CC=C[C@@](CC)(C(O)[C@]3(O)C(N)=O)[C@H]45)C2)C1. The lowest BCUT2D eigenvalue weighted by Gasteiger charge is -2.64. The van der Waals surface area contributed by atoms with Crippen molar-refractivity contribution in [2.45, 2.75) is 145 Å². The Kier molecular flexibility index (Phi) is 9.50. The van der Waals surface area contributed by atoms with Gasteiger partial charge in [0.1, 0.15) is 6.10 Å². The van der Waals surface area contributed by atoms with E-state index in [1.807, 2.05) is 7.05 Å². The second kappa shape index (κ2) is 13.4. The van der Waals surface area contributed by atoms with Gasteiger partial charge in [-0.1, -0.05) is 38.8 Å². The van der Waals surface area contributed by atoms with E-state index < -0.39 is 45.5 Å². The van der Waals surface area contributed by atoms with E-state index in [1.165, 1.54) is 12.8 Å². The molecular weight excluding hydrogens is 699 g/mol. The van der Waals surface area contributed by atoms with Gasteiger partial charge in [0, 0.05) is 67.7 Å². The molecule has 12 heteroatoms. The molecule has 0 aromatic carbocycles. The summed E-state index contributed by atoms with van der Waals surface area (Å²) in [6, 6.07) is -0.591. The second-order valence-electron chi connectivity index (χ2n) is 20.1. The Morgan fingerprint density at radius 1 is 0.982 bits per heavy atom. The first-order chi connectivity index (χ1) is 26.3. The summed E-state index contributed by atoms with van der Waals surface area (Å²) in [6.07, 6.45) is 12.8. The number of nitrogens with zero attached hydrogens (tertiary/aromatic N) is 3. The highest BCUT2D eigenvalue weighted by Gasteiger charge is 2.81. The maximum absolute atomic E-state index is 15.4. The summed E-state index contributed by atoms with van der Waals surface area (Å²) in [5.74, 6) is -0.386. The van der Waals surface area contributed by atoms with Gasteiger partial charge in [-0.05, 0) is 108 Å². The van der Waals surface area contributed by atoms with Crippen molar-refractivity contribution in [1.29, 1.82) is 0 Å². The van der Waals surface area contributed by atoms with Crippen LogP contribution in [-0.4, -0.2) is 150 Å². The summed E-state index contributed by atoms with van der Waals surface area (Å²) < 4.78 is 12.7. The Labute approximate surface area is 327 Å². The van der Waals surface area contributed by atoms with Crippen molar-refractivity contribution in [2.75, 3.05) is 54.0 Å². The van der Waals surface area contributed by atoms with Crippen molar-refractivity contribution >= 4 is 11.9 Å². The summed E-state index contributed by atoms with van der Waals surface area (Å²) in [6.45, 7) is 8.15. The fourth-order valence-corrected chi connectivity index (χ4v) is 16.5. The molecule has 55 heavy (non-hydrogen) atoms. The number of likely N-dealkylation sites (N-methyl/N-ethyl adjacent to an activating group) is 1. The number of nitrogens with two attached hydrogens (primary N) is 1. The smallest absolute Gasteiger partial charge is 0.313 e. The average Bonchev–Trinajstić information content (AvgIpc) is 3.84. The number of fused-ring (bicyclic) bond motifs is 6. The van der Waals surface area contributed by atoms with Gasteiger partial charge in [-0.25, -0.2) is 0 Å². The highest BCUT2D eigenvalue weighted by Crippen LogP contribution is 2.71.